The summed E-state index contributed by atoms with van der Waals surface area (Å²) < 4.78 is 127. The van der Waals surface area contributed by atoms with Crippen LogP contribution in [0.25, 0.3) is 0 Å². The summed E-state index contributed by atoms with van der Waals surface area (Å²) in [6, 6.07) is 24.1. The molecule has 13 nitrogen and oxygen atoms in total. The van der Waals surface area contributed by atoms with Crippen LogP contribution >= 0.6 is 22.6 Å². The van der Waals surface area contributed by atoms with Crippen molar-refractivity contribution in [3.05, 3.63) is 135 Å². The molecule has 0 aliphatic carbocycles. The van der Waals surface area contributed by atoms with Gasteiger partial charge in [-0.25, -0.2) is 18.4 Å². The summed E-state index contributed by atoms with van der Waals surface area (Å²) in [4.78, 5) is 19.0. The molecule has 0 aromatic heterocycles. The summed E-state index contributed by atoms with van der Waals surface area (Å²) in [5.74, 6) is -0.690. The molecule has 62 heavy (non-hydrogen) atoms. The second-order valence-electron chi connectivity index (χ2n) is 14.1. The minimum absolute atomic E-state index is 0. The summed E-state index contributed by atoms with van der Waals surface area (Å²) in [7, 11) is -7.77. The van der Waals surface area contributed by atoms with Gasteiger partial charge in [-0.15, -0.1) is 0 Å². The maximum absolute atomic E-state index is 13.3. The number of primary sulfonamides is 2. The standard InChI is InChI=1S/C16H13F3IN3O2S.C16H13F3N3O2S.C2H4O3.3CH3.HI.Na.Sn/c17-16(18,19)15-9-14(10-1-3-11(20)4-2-10)23(22-15)12-5-7-13(8-6-12)26(21,24)25;17-16(18,19)15-10-14(11-4-2-1-3-5-11)22(21-15)12-6-8-13(9-7-12)25(20,23)24;1-2(3)5-4;;;;;;/h1-9,14,22H,(H2,21,24,25);2-10,14,21H,(H2,20,23,24);4H,1H3;3*1H3;1H;;/q;;;;;;;+1;/p-1/i20-4;;;;;;1-4;;. The van der Waals surface area contributed by atoms with Crippen molar-refractivity contribution in [1.82, 2.24) is 10.9 Å². The van der Waals surface area contributed by atoms with E-state index in [9.17, 15) is 48.0 Å². The molecule has 4 aromatic carbocycles. The number of allylic oxidation sites excluding steroid dienone is 2. The van der Waals surface area contributed by atoms with Crippen LogP contribution < -0.4 is 88.3 Å². The van der Waals surface area contributed by atoms with Crippen molar-refractivity contribution in [2.45, 2.75) is 56.0 Å². The molecule has 25 heteroatoms. The van der Waals surface area contributed by atoms with Crippen molar-refractivity contribution in [3.8, 4) is 0 Å². The van der Waals surface area contributed by atoms with E-state index in [0.717, 1.165) is 22.6 Å². The summed E-state index contributed by atoms with van der Waals surface area (Å²) in [6.07, 6.45) is -6.84. The van der Waals surface area contributed by atoms with E-state index in [1.165, 1.54) is 62.1 Å². The molecular formula is C37H39F6I2N6NaO7S2Sn. The Morgan fingerprint density at radius 2 is 0.984 bits per heavy atom. The monoisotopic (exact) mass is 1250 g/mol. The number of halogens is 8. The number of nitrogens with one attached hydrogen (secondary N) is 2. The number of sulfonamides is 2. The molecule has 332 valence electrons. The van der Waals surface area contributed by atoms with Gasteiger partial charge < -0.3 is 28.9 Å². The normalized spacial score (nSPS) is 16.4. The molecule has 0 amide bonds. The second kappa shape index (κ2) is 22.2. The number of nitrogens with two attached hydrogens (primary N) is 2. The van der Waals surface area contributed by atoms with Gasteiger partial charge in [0, 0.05) is 10.5 Å². The summed E-state index contributed by atoms with van der Waals surface area (Å²) in [6.45, 7) is 1.11. The molecule has 2 aliphatic heterocycles. The summed E-state index contributed by atoms with van der Waals surface area (Å²) in [5.41, 5.74) is 5.13. The quantitative estimate of drug-likeness (QED) is 0.0580. The van der Waals surface area contributed by atoms with Crippen LogP contribution in [-0.4, -0.2) is 58.8 Å². The van der Waals surface area contributed by atoms with Crippen LogP contribution in [0.4, 0.5) is 37.7 Å². The molecule has 0 bridgehead atoms. The number of anilines is 2. The fourth-order valence-corrected chi connectivity index (χ4v) is 10.3. The van der Waals surface area contributed by atoms with Crippen LogP contribution in [0.3, 0.4) is 0 Å². The van der Waals surface area contributed by atoms with E-state index in [2.05, 4.69) is 53.1 Å². The average Bonchev–Trinajstić information content (AvgIpc) is 3.82. The fraction of sp³-hybridized carbons (Fsp3) is 0.216. The first-order valence-corrected chi connectivity index (χ1v) is 31.4. The Morgan fingerprint density at radius 1 is 0.677 bits per heavy atom. The van der Waals surface area contributed by atoms with Gasteiger partial charge in [0.2, 0.25) is 10.0 Å². The molecule has 0 fully saturated rings. The molecule has 0 saturated carbocycles. The number of benzene rings is 4. The maximum Gasteiger partial charge on any atom is 1.00 e. The SMILES string of the molecule is CC(=O)OO.NS(=O)(=O)c1ccc(N2NC(C(F)(F)F)=CC2c2ccc([123I])cc2)cc1.[123I-].[CH3][Sn]([CH3])([CH3])[c]1ccc(C2C=C(C(F)(F)F)NN2c2ccc(S(N)(=O)=O)cc2)cc1.[Na+]. The molecule has 6 rings (SSSR count). The maximum atomic E-state index is 13.3. The van der Waals surface area contributed by atoms with Crippen molar-refractivity contribution in [2.75, 3.05) is 10.0 Å². The number of hydrogen-bond acceptors (Lipinski definition) is 11. The second-order valence-corrected chi connectivity index (χ2v) is 33.0. The zero-order chi connectivity index (χ0) is 45.0. The molecule has 4 aromatic rings. The van der Waals surface area contributed by atoms with E-state index < -0.39 is 80.2 Å². The molecule has 2 atom stereocenters. The Labute approximate surface area is 411 Å². The number of carbonyl (C=O) groups is 1. The topological polar surface area (TPSA) is 197 Å². The van der Waals surface area contributed by atoms with Crippen LogP contribution in [0.15, 0.2) is 130 Å². The number of hydrazine groups is 2. The van der Waals surface area contributed by atoms with Crippen LogP contribution in [0.5, 0.6) is 0 Å². The van der Waals surface area contributed by atoms with Gasteiger partial charge in [0.25, 0.3) is 0 Å². The van der Waals surface area contributed by atoms with Gasteiger partial charge in [-0.1, -0.05) is 12.1 Å². The van der Waals surface area contributed by atoms with Crippen molar-refractivity contribution in [3.63, 3.8) is 0 Å². The Morgan fingerprint density at radius 3 is 1.24 bits per heavy atom. The number of hydrogen-bond donors (Lipinski definition) is 5. The van der Waals surface area contributed by atoms with Crippen LogP contribution in [0, 0.1) is 3.57 Å². The van der Waals surface area contributed by atoms with E-state index in [1.54, 1.807) is 24.3 Å². The molecule has 0 saturated heterocycles. The first-order valence-electron chi connectivity index (χ1n) is 17.2. The van der Waals surface area contributed by atoms with E-state index >= 15 is 0 Å². The number of nitrogens with zero attached hydrogens (tertiary/aromatic N) is 2. The predicted molar refractivity (Wildman–Crippen MR) is 224 cm³/mol. The molecular weight excluding hydrogens is 1210 g/mol. The minimum Gasteiger partial charge on any atom is 1.00 e. The van der Waals surface area contributed by atoms with Crippen LogP contribution in [-0.2, 0) is 29.7 Å². The fourth-order valence-electron chi connectivity index (χ4n) is 5.63. The predicted octanol–water partition coefficient (Wildman–Crippen LogP) is 0.873. The smallest absolute Gasteiger partial charge is 1.00 e. The number of carbonyl (C=O) groups excluding carboxylic acids is 1. The number of alkyl halides is 6. The van der Waals surface area contributed by atoms with Gasteiger partial charge in [0.1, 0.15) is 5.70 Å². The van der Waals surface area contributed by atoms with Crippen molar-refractivity contribution >= 4 is 81.9 Å². The third-order valence-corrected chi connectivity index (χ3v) is 17.1. The zero-order valence-corrected chi connectivity index (χ0v) is 44.1. The van der Waals surface area contributed by atoms with E-state index in [0.29, 0.717) is 22.5 Å². The first kappa shape index (κ1) is 55.8. The Hall–Kier alpha value is -2.35. The molecule has 0 radical (unpaired) electrons. The van der Waals surface area contributed by atoms with Gasteiger partial charge in [-0.05, 0) is 70.6 Å². The van der Waals surface area contributed by atoms with Gasteiger partial charge >= 0.3 is 214 Å². The Bertz CT molecular complexity index is 2450. The third kappa shape index (κ3) is 15.4. The average molecular weight is 1250 g/mol. The van der Waals surface area contributed by atoms with Crippen molar-refractivity contribution < 1.29 is 112 Å². The molecule has 0 spiro atoms. The summed E-state index contributed by atoms with van der Waals surface area (Å²) >= 11 is -0.173. The van der Waals surface area contributed by atoms with Crippen molar-refractivity contribution in [1.29, 1.82) is 0 Å². The number of rotatable bonds is 7. The summed E-state index contributed by atoms with van der Waals surface area (Å²) in [5, 5.41) is 20.1. The molecule has 2 heterocycles. The van der Waals surface area contributed by atoms with E-state index in [-0.39, 0.29) is 63.3 Å². The van der Waals surface area contributed by atoms with Crippen molar-refractivity contribution in [2.24, 2.45) is 10.3 Å². The Balaban J connectivity index is 0.000000375. The van der Waals surface area contributed by atoms with Gasteiger partial charge in [-0.3, -0.25) is 10.4 Å². The Kier molecular flexibility index (Phi) is 20.0. The third-order valence-electron chi connectivity index (χ3n) is 8.64. The van der Waals surface area contributed by atoms with Gasteiger partial charge in [0.15, 0.2) is 0 Å². The van der Waals surface area contributed by atoms with Gasteiger partial charge in [0.05, 0.1) is 16.6 Å². The minimum atomic E-state index is -4.53. The molecule has 7 N–H and O–H groups in total. The first-order chi connectivity index (χ1) is 27.6. The van der Waals surface area contributed by atoms with Crippen LogP contribution in [0.1, 0.15) is 30.1 Å². The largest absolute Gasteiger partial charge is 1.00 e. The zero-order valence-electron chi connectivity index (χ0n) is 33.3. The van der Waals surface area contributed by atoms with Gasteiger partial charge in [-0.2, -0.15) is 18.4 Å². The van der Waals surface area contributed by atoms with E-state index in [4.69, 9.17) is 15.5 Å². The van der Waals surface area contributed by atoms with Crippen LogP contribution in [0.2, 0.25) is 14.8 Å². The molecule has 2 aliphatic rings. The molecule has 2 unspecified atom stereocenters. The van der Waals surface area contributed by atoms with E-state index in [1.807, 2.05) is 24.3 Å².